The zero-order valence-electron chi connectivity index (χ0n) is 9.89. The van der Waals surface area contributed by atoms with Gasteiger partial charge in [-0.3, -0.25) is 0 Å². The van der Waals surface area contributed by atoms with E-state index in [1.54, 1.807) is 0 Å². The Labute approximate surface area is 89.0 Å². The second-order valence-electron chi connectivity index (χ2n) is 3.86. The van der Waals surface area contributed by atoms with Gasteiger partial charge in [0.2, 0.25) is 0 Å². The van der Waals surface area contributed by atoms with Crippen LogP contribution in [0.25, 0.3) is 0 Å². The zero-order chi connectivity index (χ0) is 9.94. The quantitative estimate of drug-likeness (QED) is 0.707. The van der Waals surface area contributed by atoms with Crippen LogP contribution in [0.5, 0.6) is 0 Å². The van der Waals surface area contributed by atoms with Crippen molar-refractivity contribution in [2.75, 3.05) is 26.7 Å². The molecular weight excluding hydrogens is 176 g/mol. The average Bonchev–Trinajstić information content (AvgIpc) is 2.17. The Morgan fingerprint density at radius 1 is 1.07 bits per heavy atom. The molecule has 88 valence electrons. The number of nitrogens with zero attached hydrogens (tertiary/aromatic N) is 1. The maximum Gasteiger partial charge on any atom is -0.00218 e. The van der Waals surface area contributed by atoms with E-state index in [-0.39, 0.29) is 5.48 Å². The van der Waals surface area contributed by atoms with Gasteiger partial charge in [0, 0.05) is 0 Å². The van der Waals surface area contributed by atoms with Crippen LogP contribution in [0.2, 0.25) is 0 Å². The van der Waals surface area contributed by atoms with Gasteiger partial charge in [-0.15, -0.1) is 0 Å². The maximum absolute atomic E-state index is 5.21. The molecule has 0 unspecified atom stereocenters. The zero-order valence-corrected chi connectivity index (χ0v) is 9.89. The normalized spacial score (nSPS) is 16.5. The number of unbranched alkanes of at least 4 members (excludes halogenated alkanes) is 2. The molecule has 3 nitrogen and oxygen atoms in total. The van der Waals surface area contributed by atoms with Crippen molar-refractivity contribution in [3.8, 4) is 0 Å². The number of nitrogens with two attached hydrogens (primary N) is 1. The fraction of sp³-hybridized carbons (Fsp3) is 1.00. The van der Waals surface area contributed by atoms with Crippen LogP contribution in [0, 0.1) is 0 Å². The minimum Gasteiger partial charge on any atom is -0.412 e. The van der Waals surface area contributed by atoms with Crippen LogP contribution in [-0.4, -0.2) is 37.1 Å². The lowest BCUT2D eigenvalue weighted by Crippen LogP contribution is -2.24. The third kappa shape index (κ3) is 11.9. The summed E-state index contributed by atoms with van der Waals surface area (Å²) in [5.41, 5.74) is 5.21. The van der Waals surface area contributed by atoms with E-state index in [9.17, 15) is 0 Å². The van der Waals surface area contributed by atoms with Crippen molar-refractivity contribution in [3.05, 3.63) is 0 Å². The lowest BCUT2D eigenvalue weighted by Gasteiger charge is -2.20. The third-order valence-corrected chi connectivity index (χ3v) is 2.39. The Hall–Kier alpha value is -0.120. The molecule has 1 aliphatic heterocycles. The summed E-state index contributed by atoms with van der Waals surface area (Å²) in [5, 5.41) is 0. The number of likely N-dealkylation sites (tertiary alicyclic amines) is 1. The summed E-state index contributed by atoms with van der Waals surface area (Å²) in [4.78, 5) is 2.39. The van der Waals surface area contributed by atoms with Crippen LogP contribution in [0.4, 0.5) is 0 Å². The van der Waals surface area contributed by atoms with Gasteiger partial charge < -0.3 is 16.1 Å². The molecule has 14 heavy (non-hydrogen) atoms. The van der Waals surface area contributed by atoms with Crippen LogP contribution in [-0.2, 0) is 0 Å². The van der Waals surface area contributed by atoms with Gasteiger partial charge in [0.25, 0.3) is 0 Å². The smallest absolute Gasteiger partial charge is 0.00218 e. The summed E-state index contributed by atoms with van der Waals surface area (Å²) in [6.45, 7) is 5.67. The Kier molecular flexibility index (Phi) is 15.0. The SMILES string of the molecule is CCCCCN.CN1CCCCC1.O. The Morgan fingerprint density at radius 2 is 1.64 bits per heavy atom. The minimum absolute atomic E-state index is 0. The summed E-state index contributed by atoms with van der Waals surface area (Å²) in [6, 6.07) is 0. The molecule has 4 N–H and O–H groups in total. The highest BCUT2D eigenvalue weighted by Crippen LogP contribution is 2.04. The summed E-state index contributed by atoms with van der Waals surface area (Å²) in [6.07, 6.45) is 8.03. The first-order chi connectivity index (χ1) is 6.31. The molecule has 0 aromatic carbocycles. The van der Waals surface area contributed by atoms with Crippen molar-refractivity contribution in [3.63, 3.8) is 0 Å². The molecule has 0 radical (unpaired) electrons. The molecule has 0 aromatic heterocycles. The molecule has 3 heteroatoms. The van der Waals surface area contributed by atoms with Crippen molar-refractivity contribution in [1.82, 2.24) is 4.90 Å². The van der Waals surface area contributed by atoms with E-state index in [0.29, 0.717) is 0 Å². The third-order valence-electron chi connectivity index (χ3n) is 2.39. The van der Waals surface area contributed by atoms with Crippen molar-refractivity contribution >= 4 is 0 Å². The molecular formula is C11H28N2O. The van der Waals surface area contributed by atoms with Gasteiger partial charge in [-0.1, -0.05) is 26.2 Å². The average molecular weight is 204 g/mol. The fourth-order valence-electron chi connectivity index (χ4n) is 1.45. The first kappa shape index (κ1) is 16.3. The van der Waals surface area contributed by atoms with Gasteiger partial charge in [-0.05, 0) is 45.9 Å². The van der Waals surface area contributed by atoms with Gasteiger partial charge in [-0.25, -0.2) is 0 Å². The van der Waals surface area contributed by atoms with Crippen LogP contribution in [0.3, 0.4) is 0 Å². The largest absolute Gasteiger partial charge is 0.412 e. The van der Waals surface area contributed by atoms with Gasteiger partial charge in [-0.2, -0.15) is 0 Å². The van der Waals surface area contributed by atoms with Crippen LogP contribution < -0.4 is 5.73 Å². The van der Waals surface area contributed by atoms with Gasteiger partial charge in [0.05, 0.1) is 0 Å². The summed E-state index contributed by atoms with van der Waals surface area (Å²) in [5.74, 6) is 0. The number of hydrogen-bond acceptors (Lipinski definition) is 2. The second-order valence-corrected chi connectivity index (χ2v) is 3.86. The van der Waals surface area contributed by atoms with Gasteiger partial charge in [0.15, 0.2) is 0 Å². The highest BCUT2D eigenvalue weighted by molar-refractivity contribution is 4.58. The predicted molar refractivity (Wildman–Crippen MR) is 63.5 cm³/mol. The maximum atomic E-state index is 5.21. The topological polar surface area (TPSA) is 60.8 Å². The number of piperidine rings is 1. The van der Waals surface area contributed by atoms with E-state index < -0.39 is 0 Å². The molecule has 0 bridgehead atoms. The molecule has 0 aromatic rings. The van der Waals surface area contributed by atoms with E-state index in [1.807, 2.05) is 0 Å². The van der Waals surface area contributed by atoms with Crippen LogP contribution in [0.1, 0.15) is 45.4 Å². The van der Waals surface area contributed by atoms with Crippen LogP contribution in [0.15, 0.2) is 0 Å². The summed E-state index contributed by atoms with van der Waals surface area (Å²) < 4.78 is 0. The molecule has 1 rings (SSSR count). The van der Waals surface area contributed by atoms with E-state index in [4.69, 9.17) is 5.73 Å². The molecule has 0 atom stereocenters. The molecule has 0 spiro atoms. The highest BCUT2D eigenvalue weighted by atomic mass is 16.0. The van der Waals surface area contributed by atoms with Crippen molar-refractivity contribution in [2.24, 2.45) is 5.73 Å². The summed E-state index contributed by atoms with van der Waals surface area (Å²) >= 11 is 0. The molecule has 0 aliphatic carbocycles. The molecule has 1 fully saturated rings. The molecule has 1 saturated heterocycles. The van der Waals surface area contributed by atoms with E-state index in [0.717, 1.165) is 6.54 Å². The Balaban J connectivity index is 0. The van der Waals surface area contributed by atoms with Gasteiger partial charge in [0.1, 0.15) is 0 Å². The Bertz CT molecular complexity index is 89.3. The Morgan fingerprint density at radius 3 is 1.86 bits per heavy atom. The number of rotatable bonds is 3. The van der Waals surface area contributed by atoms with E-state index in [1.165, 1.54) is 51.6 Å². The highest BCUT2D eigenvalue weighted by Gasteiger charge is 2.02. The molecule has 1 aliphatic rings. The van der Waals surface area contributed by atoms with Crippen molar-refractivity contribution < 1.29 is 5.48 Å². The molecule has 0 saturated carbocycles. The van der Waals surface area contributed by atoms with Crippen LogP contribution >= 0.6 is 0 Å². The standard InChI is InChI=1S/C6H13N.C5H13N.H2O/c1-7-5-3-2-4-6-7;1-2-3-4-5-6;/h2-6H2,1H3;2-6H2,1H3;1H2. The van der Waals surface area contributed by atoms with Gasteiger partial charge >= 0.3 is 0 Å². The van der Waals surface area contributed by atoms with E-state index >= 15 is 0 Å². The lowest BCUT2D eigenvalue weighted by molar-refractivity contribution is 0.277. The van der Waals surface area contributed by atoms with Crippen molar-refractivity contribution in [2.45, 2.75) is 45.4 Å². The monoisotopic (exact) mass is 204 g/mol. The predicted octanol–water partition coefficient (Wildman–Crippen LogP) is 1.41. The lowest BCUT2D eigenvalue weighted by atomic mass is 10.1. The molecule has 0 amide bonds. The van der Waals surface area contributed by atoms with E-state index in [2.05, 4.69) is 18.9 Å². The van der Waals surface area contributed by atoms with Crippen molar-refractivity contribution in [1.29, 1.82) is 0 Å². The summed E-state index contributed by atoms with van der Waals surface area (Å²) in [7, 11) is 2.19. The second kappa shape index (κ2) is 12.9. The number of hydrogen-bond donors (Lipinski definition) is 1. The minimum atomic E-state index is 0. The first-order valence-corrected chi connectivity index (χ1v) is 5.70. The fourth-order valence-corrected chi connectivity index (χ4v) is 1.45. The first-order valence-electron chi connectivity index (χ1n) is 5.70. The molecule has 1 heterocycles.